The Morgan fingerprint density at radius 2 is 1.84 bits per heavy atom. The fourth-order valence-electron chi connectivity index (χ4n) is 2.99. The molecule has 0 unspecified atom stereocenters. The molecule has 100 valence electrons. The van der Waals surface area contributed by atoms with Crippen molar-refractivity contribution < 1.29 is 9.53 Å². The quantitative estimate of drug-likeness (QED) is 0.761. The summed E-state index contributed by atoms with van der Waals surface area (Å²) in [6, 6.07) is 10.1. The molecule has 0 saturated heterocycles. The summed E-state index contributed by atoms with van der Waals surface area (Å²) < 4.78 is 5.48. The Labute approximate surface area is 113 Å². The maximum Gasteiger partial charge on any atom is 0.340 e. The van der Waals surface area contributed by atoms with Gasteiger partial charge in [-0.3, -0.25) is 0 Å². The molecule has 19 heavy (non-hydrogen) atoms. The van der Waals surface area contributed by atoms with Gasteiger partial charge >= 0.3 is 5.97 Å². The number of carbonyl (C=O) groups is 1. The number of hydrogen-bond acceptors (Lipinski definition) is 3. The first-order chi connectivity index (χ1) is 9.21. The van der Waals surface area contributed by atoms with Gasteiger partial charge in [0.05, 0.1) is 5.92 Å². The first kappa shape index (κ1) is 12.4. The third-order valence-corrected chi connectivity index (χ3v) is 4.25. The molecular formula is C16H19NO2. The highest BCUT2D eigenvalue weighted by molar-refractivity contribution is 6.02. The molecular weight excluding hydrogens is 238 g/mol. The molecule has 2 aliphatic rings. The molecule has 0 radical (unpaired) electrons. The summed E-state index contributed by atoms with van der Waals surface area (Å²) in [6.45, 7) is 2.04. The van der Waals surface area contributed by atoms with E-state index in [1.54, 1.807) is 0 Å². The van der Waals surface area contributed by atoms with E-state index in [0.717, 1.165) is 31.2 Å². The lowest BCUT2D eigenvalue weighted by atomic mass is 9.82. The second kappa shape index (κ2) is 4.80. The van der Waals surface area contributed by atoms with Crippen LogP contribution in [0.4, 0.5) is 0 Å². The zero-order valence-electron chi connectivity index (χ0n) is 11.3. The highest BCUT2D eigenvalue weighted by atomic mass is 16.6. The first-order valence-electron chi connectivity index (χ1n) is 7.08. The number of hydrogen-bond donors (Lipinski definition) is 0. The largest absolute Gasteiger partial charge is 0.409 e. The van der Waals surface area contributed by atoms with Crippen LogP contribution in [-0.4, -0.2) is 17.4 Å². The fraction of sp³-hybridized carbons (Fsp3) is 0.500. The lowest BCUT2D eigenvalue weighted by molar-refractivity contribution is -0.140. The number of benzene rings is 1. The van der Waals surface area contributed by atoms with Crippen LogP contribution in [0, 0.1) is 0 Å². The van der Waals surface area contributed by atoms with Crippen LogP contribution in [-0.2, 0) is 9.53 Å². The van der Waals surface area contributed by atoms with E-state index in [4.69, 9.17) is 4.74 Å². The van der Waals surface area contributed by atoms with Crippen molar-refractivity contribution in [3.63, 3.8) is 0 Å². The number of rotatable bonds is 2. The number of nitrogens with zero attached hydrogens (tertiary/aromatic N) is 1. The molecule has 0 bridgehead atoms. The summed E-state index contributed by atoms with van der Waals surface area (Å²) in [4.78, 5) is 16.8. The molecule has 1 spiro atoms. The summed E-state index contributed by atoms with van der Waals surface area (Å²) in [5, 5.41) is 0. The van der Waals surface area contributed by atoms with E-state index < -0.39 is 5.54 Å². The topological polar surface area (TPSA) is 38.7 Å². The molecule has 0 N–H and O–H groups in total. The van der Waals surface area contributed by atoms with E-state index in [9.17, 15) is 4.79 Å². The first-order valence-corrected chi connectivity index (χ1v) is 7.08. The van der Waals surface area contributed by atoms with Gasteiger partial charge in [-0.2, -0.15) is 0 Å². The van der Waals surface area contributed by atoms with Crippen LogP contribution < -0.4 is 0 Å². The lowest BCUT2D eigenvalue weighted by Crippen LogP contribution is -2.35. The van der Waals surface area contributed by atoms with Crippen LogP contribution in [0.15, 0.2) is 35.3 Å². The number of aliphatic imine (C=N–C) groups is 1. The highest BCUT2D eigenvalue weighted by Crippen LogP contribution is 2.38. The van der Waals surface area contributed by atoms with E-state index in [1.165, 1.54) is 6.42 Å². The van der Waals surface area contributed by atoms with Gasteiger partial charge in [0.2, 0.25) is 5.90 Å². The van der Waals surface area contributed by atoms with Crippen molar-refractivity contribution in [3.8, 4) is 0 Å². The normalized spacial score (nSPS) is 23.0. The molecule has 3 heteroatoms. The predicted octanol–water partition coefficient (Wildman–Crippen LogP) is 3.45. The third kappa shape index (κ3) is 2.18. The summed E-state index contributed by atoms with van der Waals surface area (Å²) in [7, 11) is 0. The maximum absolute atomic E-state index is 12.2. The average Bonchev–Trinajstić information content (AvgIpc) is 2.77. The maximum atomic E-state index is 12.2. The molecule has 1 aromatic carbocycles. The third-order valence-electron chi connectivity index (χ3n) is 4.25. The van der Waals surface area contributed by atoms with Gasteiger partial charge in [0.15, 0.2) is 5.54 Å². The monoisotopic (exact) mass is 257 g/mol. The minimum Gasteiger partial charge on any atom is -0.409 e. The Hall–Kier alpha value is -1.64. The zero-order valence-corrected chi connectivity index (χ0v) is 11.3. The van der Waals surface area contributed by atoms with Gasteiger partial charge in [-0.1, -0.05) is 49.6 Å². The van der Waals surface area contributed by atoms with Crippen LogP contribution >= 0.6 is 0 Å². The summed E-state index contributed by atoms with van der Waals surface area (Å²) >= 11 is 0. The standard InChI is InChI=1S/C16H19NO2/c1-12(13-8-4-2-5-9-13)14-17-16(15(18)19-14)10-6-3-7-11-16/h2,4-5,8-9,12H,3,6-7,10-11H2,1H3/t12-/m0/s1. The highest BCUT2D eigenvalue weighted by Gasteiger charge is 2.47. The van der Waals surface area contributed by atoms with E-state index in [1.807, 2.05) is 37.3 Å². The number of carbonyl (C=O) groups excluding carboxylic acids is 1. The van der Waals surface area contributed by atoms with Gasteiger partial charge in [-0.05, 0) is 25.3 Å². The lowest BCUT2D eigenvalue weighted by Gasteiger charge is -2.25. The molecule has 1 aliphatic carbocycles. The molecule has 1 aliphatic heterocycles. The van der Waals surface area contributed by atoms with E-state index in [0.29, 0.717) is 5.90 Å². The fourth-order valence-corrected chi connectivity index (χ4v) is 2.99. The van der Waals surface area contributed by atoms with Gasteiger partial charge in [-0.25, -0.2) is 9.79 Å². The second-order valence-electron chi connectivity index (χ2n) is 5.56. The number of cyclic esters (lactones) is 1. The van der Waals surface area contributed by atoms with Crippen LogP contribution in [0.5, 0.6) is 0 Å². The van der Waals surface area contributed by atoms with Gasteiger partial charge in [-0.15, -0.1) is 0 Å². The van der Waals surface area contributed by atoms with Crippen molar-refractivity contribution in [1.82, 2.24) is 0 Å². The van der Waals surface area contributed by atoms with Gasteiger partial charge in [0.1, 0.15) is 0 Å². The summed E-state index contributed by atoms with van der Waals surface area (Å²) in [6.07, 6.45) is 5.04. The van der Waals surface area contributed by atoms with Gasteiger partial charge < -0.3 is 4.74 Å². The predicted molar refractivity (Wildman–Crippen MR) is 74.2 cm³/mol. The van der Waals surface area contributed by atoms with Crippen LogP contribution in [0.3, 0.4) is 0 Å². The molecule has 3 rings (SSSR count). The molecule has 1 atom stereocenters. The average molecular weight is 257 g/mol. The Bertz CT molecular complexity index is 501. The summed E-state index contributed by atoms with van der Waals surface area (Å²) in [5.41, 5.74) is 0.582. The van der Waals surface area contributed by atoms with Gasteiger partial charge in [0.25, 0.3) is 0 Å². The Kier molecular flexibility index (Phi) is 3.13. The number of esters is 1. The van der Waals surface area contributed by atoms with Crippen molar-refractivity contribution in [1.29, 1.82) is 0 Å². The Morgan fingerprint density at radius 1 is 1.16 bits per heavy atom. The Morgan fingerprint density at radius 3 is 2.53 bits per heavy atom. The molecule has 1 saturated carbocycles. The van der Waals surface area contributed by atoms with Crippen LogP contribution in [0.25, 0.3) is 0 Å². The van der Waals surface area contributed by atoms with Crippen LogP contribution in [0.2, 0.25) is 0 Å². The summed E-state index contributed by atoms with van der Waals surface area (Å²) in [5.74, 6) is 0.509. The van der Waals surface area contributed by atoms with Crippen molar-refractivity contribution in [2.45, 2.75) is 50.5 Å². The zero-order chi connectivity index (χ0) is 13.3. The van der Waals surface area contributed by atoms with E-state index in [2.05, 4.69) is 4.99 Å². The SMILES string of the molecule is C[C@H](C1=NC2(CCCCC2)C(=O)O1)c1ccccc1. The molecule has 0 amide bonds. The Balaban J connectivity index is 1.86. The molecule has 1 fully saturated rings. The van der Waals surface area contributed by atoms with Crippen molar-refractivity contribution in [2.75, 3.05) is 0 Å². The van der Waals surface area contributed by atoms with Crippen molar-refractivity contribution >= 4 is 11.9 Å². The minimum atomic E-state index is -0.559. The minimum absolute atomic E-state index is 0.0476. The molecule has 1 heterocycles. The van der Waals surface area contributed by atoms with Gasteiger partial charge in [0, 0.05) is 0 Å². The van der Waals surface area contributed by atoms with Crippen molar-refractivity contribution in [3.05, 3.63) is 35.9 Å². The smallest absolute Gasteiger partial charge is 0.340 e. The molecule has 0 aromatic heterocycles. The van der Waals surface area contributed by atoms with E-state index in [-0.39, 0.29) is 11.9 Å². The van der Waals surface area contributed by atoms with Crippen LogP contribution in [0.1, 0.15) is 50.5 Å². The number of ether oxygens (including phenoxy) is 1. The van der Waals surface area contributed by atoms with Crippen molar-refractivity contribution in [2.24, 2.45) is 4.99 Å². The second-order valence-corrected chi connectivity index (χ2v) is 5.56. The molecule has 1 aromatic rings. The van der Waals surface area contributed by atoms with E-state index >= 15 is 0 Å². The molecule has 3 nitrogen and oxygen atoms in total.